The summed E-state index contributed by atoms with van der Waals surface area (Å²) < 4.78 is 0. The molecule has 0 heterocycles. The van der Waals surface area contributed by atoms with Crippen LogP contribution in [0.4, 0.5) is 16.2 Å². The number of hydrogen-bond acceptors (Lipinski definition) is 2. The van der Waals surface area contributed by atoms with Gasteiger partial charge in [0, 0.05) is 17.4 Å². The van der Waals surface area contributed by atoms with E-state index >= 15 is 0 Å². The molecule has 2 aromatic carbocycles. The first-order chi connectivity index (χ1) is 9.69. The summed E-state index contributed by atoms with van der Waals surface area (Å²) in [6.45, 7) is 2.07. The van der Waals surface area contributed by atoms with Crippen molar-refractivity contribution in [3.63, 3.8) is 0 Å². The third-order valence-corrected chi connectivity index (χ3v) is 3.11. The summed E-state index contributed by atoms with van der Waals surface area (Å²) in [7, 11) is 1.91. The SMILES string of the molecule is CNC(C)c1cccc(NC(=O)Nc2ccccc2)c1. The summed E-state index contributed by atoms with van der Waals surface area (Å²) in [5.74, 6) is 0. The molecule has 0 aliphatic carbocycles. The summed E-state index contributed by atoms with van der Waals surface area (Å²) in [5, 5.41) is 8.79. The lowest BCUT2D eigenvalue weighted by Gasteiger charge is -2.13. The van der Waals surface area contributed by atoms with Crippen LogP contribution in [0.1, 0.15) is 18.5 Å². The third-order valence-electron chi connectivity index (χ3n) is 3.11. The lowest BCUT2D eigenvalue weighted by molar-refractivity contribution is 0.262. The summed E-state index contributed by atoms with van der Waals surface area (Å²) >= 11 is 0. The molecule has 0 aliphatic heterocycles. The van der Waals surface area contributed by atoms with E-state index in [4.69, 9.17) is 0 Å². The van der Waals surface area contributed by atoms with Crippen LogP contribution in [0.15, 0.2) is 54.6 Å². The van der Waals surface area contributed by atoms with Gasteiger partial charge in [-0.05, 0) is 43.8 Å². The van der Waals surface area contributed by atoms with E-state index < -0.39 is 0 Å². The molecule has 0 aromatic heterocycles. The number of anilines is 2. The Bertz CT molecular complexity index is 569. The van der Waals surface area contributed by atoms with Crippen molar-refractivity contribution in [3.8, 4) is 0 Å². The molecule has 4 heteroatoms. The summed E-state index contributed by atoms with van der Waals surface area (Å²) in [6.07, 6.45) is 0. The second-order valence-corrected chi connectivity index (χ2v) is 4.58. The van der Waals surface area contributed by atoms with Gasteiger partial charge in [0.25, 0.3) is 0 Å². The van der Waals surface area contributed by atoms with Crippen LogP contribution in [0, 0.1) is 0 Å². The summed E-state index contributed by atoms with van der Waals surface area (Å²) in [5.41, 5.74) is 2.67. The van der Waals surface area contributed by atoms with E-state index in [1.54, 1.807) is 0 Å². The van der Waals surface area contributed by atoms with E-state index in [1.165, 1.54) is 0 Å². The zero-order chi connectivity index (χ0) is 14.4. The molecule has 2 rings (SSSR count). The highest BCUT2D eigenvalue weighted by Crippen LogP contribution is 2.17. The standard InChI is InChI=1S/C16H19N3O/c1-12(17-2)13-7-6-10-15(11-13)19-16(20)18-14-8-4-3-5-9-14/h3-12,17H,1-2H3,(H2,18,19,20). The predicted octanol–water partition coefficient (Wildman–Crippen LogP) is 3.61. The third kappa shape index (κ3) is 3.83. The van der Waals surface area contributed by atoms with Crippen LogP contribution >= 0.6 is 0 Å². The maximum absolute atomic E-state index is 11.9. The molecule has 0 radical (unpaired) electrons. The highest BCUT2D eigenvalue weighted by molar-refractivity contribution is 5.99. The Kier molecular flexibility index (Phi) is 4.74. The van der Waals surface area contributed by atoms with Gasteiger partial charge in [-0.15, -0.1) is 0 Å². The van der Waals surface area contributed by atoms with Crippen LogP contribution in [-0.4, -0.2) is 13.1 Å². The second kappa shape index (κ2) is 6.73. The van der Waals surface area contributed by atoms with Gasteiger partial charge < -0.3 is 16.0 Å². The molecule has 2 aromatic rings. The second-order valence-electron chi connectivity index (χ2n) is 4.58. The lowest BCUT2D eigenvalue weighted by atomic mass is 10.1. The molecule has 20 heavy (non-hydrogen) atoms. The van der Waals surface area contributed by atoms with E-state index in [0.717, 1.165) is 16.9 Å². The molecule has 0 fully saturated rings. The van der Waals surface area contributed by atoms with Crippen LogP contribution in [-0.2, 0) is 0 Å². The number of hydrogen-bond donors (Lipinski definition) is 3. The minimum Gasteiger partial charge on any atom is -0.313 e. The van der Waals surface area contributed by atoms with Crippen molar-refractivity contribution >= 4 is 17.4 Å². The van der Waals surface area contributed by atoms with Crippen LogP contribution in [0.25, 0.3) is 0 Å². The zero-order valence-corrected chi connectivity index (χ0v) is 11.7. The van der Waals surface area contributed by atoms with Crippen molar-refractivity contribution in [2.24, 2.45) is 0 Å². The minimum atomic E-state index is -0.245. The molecule has 4 nitrogen and oxygen atoms in total. The first-order valence-corrected chi connectivity index (χ1v) is 6.59. The lowest BCUT2D eigenvalue weighted by Crippen LogP contribution is -2.19. The Morgan fingerprint density at radius 3 is 2.30 bits per heavy atom. The number of rotatable bonds is 4. The number of urea groups is 1. The van der Waals surface area contributed by atoms with Crippen molar-refractivity contribution in [3.05, 3.63) is 60.2 Å². The maximum atomic E-state index is 11.9. The molecule has 0 bridgehead atoms. The molecule has 0 spiro atoms. The molecular formula is C16H19N3O. The molecular weight excluding hydrogens is 250 g/mol. The fraction of sp³-hybridized carbons (Fsp3) is 0.188. The van der Waals surface area contributed by atoms with Gasteiger partial charge in [-0.1, -0.05) is 30.3 Å². The quantitative estimate of drug-likeness (QED) is 0.794. The number of benzene rings is 2. The normalized spacial score (nSPS) is 11.7. The maximum Gasteiger partial charge on any atom is 0.323 e. The van der Waals surface area contributed by atoms with Gasteiger partial charge in [0.2, 0.25) is 0 Å². The topological polar surface area (TPSA) is 53.2 Å². The van der Waals surface area contributed by atoms with E-state index in [0.29, 0.717) is 0 Å². The molecule has 3 N–H and O–H groups in total. The minimum absolute atomic E-state index is 0.244. The number of carbonyl (C=O) groups is 1. The molecule has 2 amide bonds. The van der Waals surface area contributed by atoms with Gasteiger partial charge >= 0.3 is 6.03 Å². The van der Waals surface area contributed by atoms with Crippen molar-refractivity contribution in [2.45, 2.75) is 13.0 Å². The highest BCUT2D eigenvalue weighted by atomic mass is 16.2. The van der Waals surface area contributed by atoms with Crippen LogP contribution in [0.2, 0.25) is 0 Å². The Balaban J connectivity index is 2.01. The fourth-order valence-electron chi connectivity index (χ4n) is 1.87. The van der Waals surface area contributed by atoms with E-state index in [1.807, 2.05) is 61.6 Å². The summed E-state index contributed by atoms with van der Waals surface area (Å²) in [4.78, 5) is 11.9. The number of amides is 2. The highest BCUT2D eigenvalue weighted by Gasteiger charge is 2.05. The molecule has 0 saturated heterocycles. The summed E-state index contributed by atoms with van der Waals surface area (Å²) in [6, 6.07) is 17.2. The Hall–Kier alpha value is -2.33. The zero-order valence-electron chi connectivity index (χ0n) is 11.7. The molecule has 1 atom stereocenters. The number of nitrogens with one attached hydrogen (secondary N) is 3. The van der Waals surface area contributed by atoms with Crippen molar-refractivity contribution in [2.75, 3.05) is 17.7 Å². The molecule has 104 valence electrons. The molecule has 0 saturated carbocycles. The molecule has 0 aliphatic rings. The average molecular weight is 269 g/mol. The van der Waals surface area contributed by atoms with E-state index in [2.05, 4.69) is 22.9 Å². The Morgan fingerprint density at radius 1 is 0.950 bits per heavy atom. The van der Waals surface area contributed by atoms with Crippen molar-refractivity contribution in [1.29, 1.82) is 0 Å². The number of carbonyl (C=O) groups excluding carboxylic acids is 1. The Morgan fingerprint density at radius 2 is 1.60 bits per heavy atom. The monoisotopic (exact) mass is 269 g/mol. The number of para-hydroxylation sites is 1. The predicted molar refractivity (Wildman–Crippen MR) is 83.0 cm³/mol. The van der Waals surface area contributed by atoms with Gasteiger partial charge in [-0.3, -0.25) is 0 Å². The van der Waals surface area contributed by atoms with Gasteiger partial charge in [-0.2, -0.15) is 0 Å². The van der Waals surface area contributed by atoms with Gasteiger partial charge in [0.1, 0.15) is 0 Å². The van der Waals surface area contributed by atoms with Gasteiger partial charge in [0.05, 0.1) is 0 Å². The van der Waals surface area contributed by atoms with E-state index in [-0.39, 0.29) is 12.1 Å². The van der Waals surface area contributed by atoms with Crippen LogP contribution in [0.3, 0.4) is 0 Å². The smallest absolute Gasteiger partial charge is 0.313 e. The van der Waals surface area contributed by atoms with Crippen molar-refractivity contribution < 1.29 is 4.79 Å². The van der Waals surface area contributed by atoms with Gasteiger partial charge in [0.15, 0.2) is 0 Å². The Labute approximate surface area is 119 Å². The average Bonchev–Trinajstić information content (AvgIpc) is 2.47. The van der Waals surface area contributed by atoms with Crippen LogP contribution in [0.5, 0.6) is 0 Å². The molecule has 1 unspecified atom stereocenters. The van der Waals surface area contributed by atoms with Crippen LogP contribution < -0.4 is 16.0 Å². The van der Waals surface area contributed by atoms with Crippen molar-refractivity contribution in [1.82, 2.24) is 5.32 Å². The first-order valence-electron chi connectivity index (χ1n) is 6.59. The van der Waals surface area contributed by atoms with Gasteiger partial charge in [-0.25, -0.2) is 4.79 Å². The van der Waals surface area contributed by atoms with E-state index in [9.17, 15) is 4.79 Å². The fourth-order valence-corrected chi connectivity index (χ4v) is 1.87. The largest absolute Gasteiger partial charge is 0.323 e. The first kappa shape index (κ1) is 14.1.